The first kappa shape index (κ1) is 11.4. The Bertz CT molecular complexity index is 446. The van der Waals surface area contributed by atoms with E-state index in [9.17, 15) is 4.79 Å². The third-order valence-corrected chi connectivity index (χ3v) is 3.03. The molecule has 0 aromatic carbocycles. The highest BCUT2D eigenvalue weighted by Crippen LogP contribution is 2.31. The van der Waals surface area contributed by atoms with Crippen molar-refractivity contribution in [3.8, 4) is 0 Å². The maximum absolute atomic E-state index is 11.4. The van der Waals surface area contributed by atoms with Gasteiger partial charge in [-0.3, -0.25) is 9.48 Å². The van der Waals surface area contributed by atoms with E-state index in [0.29, 0.717) is 11.4 Å². The van der Waals surface area contributed by atoms with Crippen LogP contribution in [0.1, 0.15) is 44.8 Å². The average Bonchev–Trinajstić information content (AvgIpc) is 2.60. The molecule has 0 saturated carbocycles. The van der Waals surface area contributed by atoms with Gasteiger partial charge in [0, 0.05) is 12.5 Å². The van der Waals surface area contributed by atoms with Crippen molar-refractivity contribution in [2.75, 3.05) is 0 Å². The molecule has 0 atom stereocenters. The molecule has 0 saturated heterocycles. The Balaban J connectivity index is 2.46. The van der Waals surface area contributed by atoms with E-state index >= 15 is 0 Å². The molecule has 0 fully saturated rings. The Morgan fingerprint density at radius 2 is 2.19 bits per heavy atom. The summed E-state index contributed by atoms with van der Waals surface area (Å²) in [6.07, 6.45) is 5.83. The van der Waals surface area contributed by atoms with Gasteiger partial charge in [-0.15, -0.1) is 0 Å². The molecule has 0 N–H and O–H groups in total. The van der Waals surface area contributed by atoms with Crippen LogP contribution in [-0.2, 0) is 4.79 Å². The standard InChI is InChI=1S/C12H15ClN2O/c1-8(2)15-12(11(13)7-14-15)9-4-3-5-10(16)6-9/h6-8H,3-5H2,1-2H3. The van der Waals surface area contributed by atoms with E-state index in [0.717, 1.165) is 24.1 Å². The minimum absolute atomic E-state index is 0.189. The molecular weight excluding hydrogens is 224 g/mol. The van der Waals surface area contributed by atoms with Crippen molar-refractivity contribution in [1.29, 1.82) is 0 Å². The Labute approximate surface area is 100 Å². The average molecular weight is 239 g/mol. The second kappa shape index (κ2) is 4.42. The molecule has 0 amide bonds. The van der Waals surface area contributed by atoms with E-state index in [1.54, 1.807) is 12.3 Å². The van der Waals surface area contributed by atoms with E-state index in [1.165, 1.54) is 0 Å². The number of halogens is 1. The second-order valence-electron chi connectivity index (χ2n) is 4.37. The smallest absolute Gasteiger partial charge is 0.156 e. The van der Waals surface area contributed by atoms with E-state index in [1.807, 2.05) is 4.68 Å². The fraction of sp³-hybridized carbons (Fsp3) is 0.500. The molecule has 16 heavy (non-hydrogen) atoms. The number of hydrogen-bond donors (Lipinski definition) is 0. The van der Waals surface area contributed by atoms with Gasteiger partial charge in [0.25, 0.3) is 0 Å². The predicted molar refractivity (Wildman–Crippen MR) is 64.5 cm³/mol. The highest BCUT2D eigenvalue weighted by Gasteiger charge is 2.19. The van der Waals surface area contributed by atoms with Crippen molar-refractivity contribution in [3.05, 3.63) is 23.0 Å². The number of aromatic nitrogens is 2. The van der Waals surface area contributed by atoms with Crippen molar-refractivity contribution in [3.63, 3.8) is 0 Å². The van der Waals surface area contributed by atoms with Crippen molar-refractivity contribution < 1.29 is 4.79 Å². The number of carbonyl (C=O) groups is 1. The Hall–Kier alpha value is -1.09. The summed E-state index contributed by atoms with van der Waals surface area (Å²) < 4.78 is 1.88. The fourth-order valence-corrected chi connectivity index (χ4v) is 2.26. The van der Waals surface area contributed by atoms with E-state index in [-0.39, 0.29) is 11.8 Å². The lowest BCUT2D eigenvalue weighted by Gasteiger charge is -2.16. The SMILES string of the molecule is CC(C)n1ncc(Cl)c1C1=CC(=O)CCC1. The summed E-state index contributed by atoms with van der Waals surface area (Å²) in [5.41, 5.74) is 1.93. The van der Waals surface area contributed by atoms with E-state index in [4.69, 9.17) is 11.6 Å². The van der Waals surface area contributed by atoms with Crippen molar-refractivity contribution in [1.82, 2.24) is 9.78 Å². The van der Waals surface area contributed by atoms with Gasteiger partial charge in [0.15, 0.2) is 5.78 Å². The number of nitrogens with zero attached hydrogens (tertiary/aromatic N) is 2. The molecule has 0 bridgehead atoms. The number of rotatable bonds is 2. The largest absolute Gasteiger partial charge is 0.295 e. The lowest BCUT2D eigenvalue weighted by molar-refractivity contribution is -0.114. The molecular formula is C12H15ClN2O. The highest BCUT2D eigenvalue weighted by atomic mass is 35.5. The van der Waals surface area contributed by atoms with Crippen LogP contribution in [0.25, 0.3) is 5.57 Å². The van der Waals surface area contributed by atoms with Crippen LogP contribution in [0.2, 0.25) is 5.02 Å². The van der Waals surface area contributed by atoms with Crippen LogP contribution in [-0.4, -0.2) is 15.6 Å². The van der Waals surface area contributed by atoms with Crippen LogP contribution in [0.5, 0.6) is 0 Å². The Morgan fingerprint density at radius 1 is 1.44 bits per heavy atom. The van der Waals surface area contributed by atoms with Gasteiger partial charge in [0.2, 0.25) is 0 Å². The molecule has 1 aliphatic rings. The van der Waals surface area contributed by atoms with E-state index < -0.39 is 0 Å². The first-order valence-corrected chi connectivity index (χ1v) is 5.94. The summed E-state index contributed by atoms with van der Waals surface area (Å²) in [5, 5.41) is 4.88. The van der Waals surface area contributed by atoms with Crippen molar-refractivity contribution in [2.24, 2.45) is 0 Å². The van der Waals surface area contributed by atoms with Crippen LogP contribution in [0.4, 0.5) is 0 Å². The molecule has 1 aliphatic carbocycles. The van der Waals surface area contributed by atoms with Gasteiger partial charge in [-0.1, -0.05) is 11.6 Å². The maximum atomic E-state index is 11.4. The summed E-state index contributed by atoms with van der Waals surface area (Å²) in [4.78, 5) is 11.4. The lowest BCUT2D eigenvalue weighted by Crippen LogP contribution is -2.10. The van der Waals surface area contributed by atoms with Gasteiger partial charge in [-0.2, -0.15) is 5.10 Å². The summed E-state index contributed by atoms with van der Waals surface area (Å²) in [7, 11) is 0. The van der Waals surface area contributed by atoms with Crippen LogP contribution >= 0.6 is 11.6 Å². The van der Waals surface area contributed by atoms with Crippen molar-refractivity contribution >= 4 is 23.0 Å². The third-order valence-electron chi connectivity index (χ3n) is 2.75. The molecule has 0 unspecified atom stereocenters. The molecule has 0 aliphatic heterocycles. The van der Waals surface area contributed by atoms with Gasteiger partial charge in [-0.25, -0.2) is 0 Å². The molecule has 4 heteroatoms. The molecule has 0 radical (unpaired) electrons. The molecule has 2 rings (SSSR count). The first-order chi connectivity index (χ1) is 7.59. The third kappa shape index (κ3) is 2.05. The number of hydrogen-bond acceptors (Lipinski definition) is 2. The molecule has 0 spiro atoms. The van der Waals surface area contributed by atoms with Gasteiger partial charge in [0.1, 0.15) is 0 Å². The Kier molecular flexibility index (Phi) is 3.15. The summed E-state index contributed by atoms with van der Waals surface area (Å²) in [5.74, 6) is 0.189. The van der Waals surface area contributed by atoms with Gasteiger partial charge in [0.05, 0.1) is 16.9 Å². The zero-order chi connectivity index (χ0) is 11.7. The van der Waals surface area contributed by atoms with Gasteiger partial charge < -0.3 is 0 Å². The lowest BCUT2D eigenvalue weighted by atomic mass is 9.96. The topological polar surface area (TPSA) is 34.9 Å². The maximum Gasteiger partial charge on any atom is 0.156 e. The summed E-state index contributed by atoms with van der Waals surface area (Å²) in [6.45, 7) is 4.11. The number of allylic oxidation sites excluding steroid dienone is 2. The zero-order valence-corrected chi connectivity index (χ0v) is 10.3. The first-order valence-electron chi connectivity index (χ1n) is 5.56. The fourth-order valence-electron chi connectivity index (χ4n) is 2.01. The zero-order valence-electron chi connectivity index (χ0n) is 9.53. The van der Waals surface area contributed by atoms with Gasteiger partial charge >= 0.3 is 0 Å². The Morgan fingerprint density at radius 3 is 2.81 bits per heavy atom. The van der Waals surface area contributed by atoms with Crippen molar-refractivity contribution in [2.45, 2.75) is 39.2 Å². The molecule has 1 heterocycles. The summed E-state index contributed by atoms with van der Waals surface area (Å²) in [6, 6.07) is 0.250. The molecule has 3 nitrogen and oxygen atoms in total. The monoisotopic (exact) mass is 238 g/mol. The highest BCUT2D eigenvalue weighted by molar-refractivity contribution is 6.32. The number of carbonyl (C=O) groups excluding carboxylic acids is 1. The van der Waals surface area contributed by atoms with Crippen LogP contribution in [0.15, 0.2) is 12.3 Å². The minimum atomic E-state index is 0.189. The molecule has 1 aromatic rings. The molecule has 86 valence electrons. The summed E-state index contributed by atoms with van der Waals surface area (Å²) >= 11 is 6.13. The predicted octanol–water partition coefficient (Wildman–Crippen LogP) is 3.25. The van der Waals surface area contributed by atoms with E-state index in [2.05, 4.69) is 18.9 Å². The van der Waals surface area contributed by atoms with Crippen LogP contribution in [0, 0.1) is 0 Å². The molecule has 1 aromatic heterocycles. The quantitative estimate of drug-likeness (QED) is 0.793. The van der Waals surface area contributed by atoms with Gasteiger partial charge in [-0.05, 0) is 38.3 Å². The normalized spacial score (nSPS) is 16.8. The minimum Gasteiger partial charge on any atom is -0.295 e. The van der Waals surface area contributed by atoms with Crippen LogP contribution < -0.4 is 0 Å². The van der Waals surface area contributed by atoms with Crippen LogP contribution in [0.3, 0.4) is 0 Å². The number of ketones is 1. The second-order valence-corrected chi connectivity index (χ2v) is 4.78.